The maximum atomic E-state index is 13.7. The Morgan fingerprint density at radius 3 is 2.90 bits per heavy atom. The molecule has 5 heteroatoms. The number of aliphatic hydroxyl groups excluding tert-OH is 1. The minimum absolute atomic E-state index is 0.0235. The van der Waals surface area contributed by atoms with E-state index in [9.17, 15) is 14.3 Å². The van der Waals surface area contributed by atoms with E-state index < -0.39 is 5.82 Å². The van der Waals surface area contributed by atoms with Crippen molar-refractivity contribution in [2.45, 2.75) is 25.3 Å². The van der Waals surface area contributed by atoms with E-state index >= 15 is 0 Å². The van der Waals surface area contributed by atoms with E-state index in [0.717, 1.165) is 19.3 Å². The number of hydrogen-bond donors (Lipinski definition) is 2. The second-order valence-electron chi connectivity index (χ2n) is 5.80. The molecule has 0 radical (unpaired) electrons. The zero-order chi connectivity index (χ0) is 14.3. The number of fused-ring (bicyclic) bond motifs is 2. The number of nitrogens with one attached hydrogen (secondary N) is 1. The van der Waals surface area contributed by atoms with E-state index in [0.29, 0.717) is 16.3 Å². The summed E-state index contributed by atoms with van der Waals surface area (Å²) in [4.78, 5) is 12.3. The van der Waals surface area contributed by atoms with Crippen molar-refractivity contribution in [1.29, 1.82) is 0 Å². The Morgan fingerprint density at radius 2 is 2.15 bits per heavy atom. The topological polar surface area (TPSA) is 49.3 Å². The van der Waals surface area contributed by atoms with Crippen LogP contribution in [0.2, 0.25) is 0 Å². The summed E-state index contributed by atoms with van der Waals surface area (Å²) in [6.07, 6.45) is 3.29. The lowest BCUT2D eigenvalue weighted by molar-refractivity contribution is 0.0857. The molecule has 108 valence electrons. The molecule has 4 atom stereocenters. The van der Waals surface area contributed by atoms with Crippen molar-refractivity contribution in [3.63, 3.8) is 0 Å². The summed E-state index contributed by atoms with van der Waals surface area (Å²) in [5.74, 6) is 0.140. The summed E-state index contributed by atoms with van der Waals surface area (Å²) in [5.41, 5.74) is 0.0545. The molecule has 0 spiro atoms. The second kappa shape index (κ2) is 5.45. The van der Waals surface area contributed by atoms with Gasteiger partial charge in [-0.15, -0.1) is 0 Å². The lowest BCUT2D eigenvalue weighted by atomic mass is 9.85. The highest BCUT2D eigenvalue weighted by atomic mass is 79.9. The van der Waals surface area contributed by atoms with Crippen LogP contribution in [0, 0.1) is 23.6 Å². The van der Waals surface area contributed by atoms with Gasteiger partial charge in [0.2, 0.25) is 0 Å². The van der Waals surface area contributed by atoms with Gasteiger partial charge in [-0.1, -0.05) is 15.9 Å². The molecular weight excluding hydrogens is 325 g/mol. The Labute approximate surface area is 125 Å². The number of rotatable bonds is 3. The lowest BCUT2D eigenvalue weighted by Crippen LogP contribution is -2.45. The molecule has 3 rings (SSSR count). The SMILES string of the molecule is O=C(NC1C2CCC(C2)C1CO)c1cc(Br)ccc1F. The van der Waals surface area contributed by atoms with Gasteiger partial charge in [0, 0.05) is 23.0 Å². The van der Waals surface area contributed by atoms with Crippen LogP contribution in [0.25, 0.3) is 0 Å². The van der Waals surface area contributed by atoms with E-state index in [1.54, 1.807) is 6.07 Å². The molecule has 3 nitrogen and oxygen atoms in total. The Hall–Kier alpha value is -0.940. The first-order valence-electron chi connectivity index (χ1n) is 6.97. The molecule has 20 heavy (non-hydrogen) atoms. The van der Waals surface area contributed by atoms with Gasteiger partial charge in [0.05, 0.1) is 5.56 Å². The molecule has 2 aliphatic carbocycles. The first kappa shape index (κ1) is 14.0. The van der Waals surface area contributed by atoms with Gasteiger partial charge in [-0.25, -0.2) is 4.39 Å². The largest absolute Gasteiger partial charge is 0.396 e. The summed E-state index contributed by atoms with van der Waals surface area (Å²) in [5, 5.41) is 12.4. The van der Waals surface area contributed by atoms with Crippen LogP contribution in [-0.4, -0.2) is 23.7 Å². The van der Waals surface area contributed by atoms with Crippen molar-refractivity contribution in [1.82, 2.24) is 5.32 Å². The Balaban J connectivity index is 1.77. The standard InChI is InChI=1S/C15H17BrFNO2/c16-10-3-4-13(17)11(6-10)15(20)18-14-9-2-1-8(5-9)12(14)7-19/h3-4,6,8-9,12,14,19H,1-2,5,7H2,(H,18,20). The van der Waals surface area contributed by atoms with E-state index in [1.807, 2.05) is 0 Å². The van der Waals surface area contributed by atoms with Crippen molar-refractivity contribution in [2.24, 2.45) is 17.8 Å². The quantitative estimate of drug-likeness (QED) is 0.888. The van der Waals surface area contributed by atoms with Crippen molar-refractivity contribution >= 4 is 21.8 Å². The minimum atomic E-state index is -0.519. The monoisotopic (exact) mass is 341 g/mol. The molecule has 1 aromatic rings. The van der Waals surface area contributed by atoms with Crippen molar-refractivity contribution in [3.05, 3.63) is 34.1 Å². The normalized spacial score (nSPS) is 31.6. The lowest BCUT2D eigenvalue weighted by Gasteiger charge is -2.30. The maximum Gasteiger partial charge on any atom is 0.254 e. The predicted octanol–water partition coefficient (Wildman–Crippen LogP) is 2.73. The zero-order valence-corrected chi connectivity index (χ0v) is 12.6. The Bertz CT molecular complexity index is 537. The summed E-state index contributed by atoms with van der Waals surface area (Å²) in [6.45, 7) is 0.0904. The van der Waals surface area contributed by atoms with Crippen molar-refractivity contribution in [2.75, 3.05) is 6.61 Å². The number of benzene rings is 1. The van der Waals surface area contributed by atoms with E-state index in [-0.39, 0.29) is 30.0 Å². The minimum Gasteiger partial charge on any atom is -0.396 e. The third-order valence-corrected chi connectivity index (χ3v) is 5.26. The third kappa shape index (κ3) is 2.37. The number of aliphatic hydroxyl groups is 1. The van der Waals surface area contributed by atoms with Gasteiger partial charge in [-0.2, -0.15) is 0 Å². The molecule has 1 aromatic carbocycles. The molecular formula is C15H17BrFNO2. The van der Waals surface area contributed by atoms with E-state index in [1.165, 1.54) is 12.1 Å². The zero-order valence-electron chi connectivity index (χ0n) is 11.0. The summed E-state index contributed by atoms with van der Waals surface area (Å²) in [7, 11) is 0. The molecule has 2 aliphatic rings. The second-order valence-corrected chi connectivity index (χ2v) is 6.72. The van der Waals surface area contributed by atoms with Gasteiger partial charge in [0.25, 0.3) is 5.91 Å². The van der Waals surface area contributed by atoms with Crippen LogP contribution in [0.3, 0.4) is 0 Å². The molecule has 4 unspecified atom stereocenters. The van der Waals surface area contributed by atoms with Crippen LogP contribution < -0.4 is 5.32 Å². The van der Waals surface area contributed by atoms with Gasteiger partial charge >= 0.3 is 0 Å². The van der Waals surface area contributed by atoms with Gasteiger partial charge in [0.15, 0.2) is 0 Å². The van der Waals surface area contributed by atoms with Gasteiger partial charge in [-0.3, -0.25) is 4.79 Å². The molecule has 0 aliphatic heterocycles. The smallest absolute Gasteiger partial charge is 0.254 e. The first-order valence-corrected chi connectivity index (χ1v) is 7.76. The Kier molecular flexibility index (Phi) is 3.82. The number of halogens is 2. The average Bonchev–Trinajstić information content (AvgIpc) is 3.02. The maximum absolute atomic E-state index is 13.7. The van der Waals surface area contributed by atoms with Crippen LogP contribution in [-0.2, 0) is 0 Å². The van der Waals surface area contributed by atoms with Crippen LogP contribution in [0.4, 0.5) is 4.39 Å². The number of hydrogen-bond acceptors (Lipinski definition) is 2. The van der Waals surface area contributed by atoms with E-state index in [4.69, 9.17) is 0 Å². The fourth-order valence-corrected chi connectivity index (χ4v) is 4.16. The Morgan fingerprint density at radius 1 is 1.40 bits per heavy atom. The number of carbonyl (C=O) groups is 1. The fraction of sp³-hybridized carbons (Fsp3) is 0.533. The predicted molar refractivity (Wildman–Crippen MR) is 76.8 cm³/mol. The first-order chi connectivity index (χ1) is 9.60. The van der Waals surface area contributed by atoms with Gasteiger partial charge < -0.3 is 10.4 Å². The van der Waals surface area contributed by atoms with Crippen LogP contribution >= 0.6 is 15.9 Å². The summed E-state index contributed by atoms with van der Waals surface area (Å²) in [6, 6.07) is 4.32. The summed E-state index contributed by atoms with van der Waals surface area (Å²) >= 11 is 3.25. The highest BCUT2D eigenvalue weighted by molar-refractivity contribution is 9.10. The molecule has 2 N–H and O–H groups in total. The van der Waals surface area contributed by atoms with E-state index in [2.05, 4.69) is 21.2 Å². The third-order valence-electron chi connectivity index (χ3n) is 4.77. The summed E-state index contributed by atoms with van der Waals surface area (Å²) < 4.78 is 14.4. The molecule has 0 aromatic heterocycles. The molecule has 2 saturated carbocycles. The van der Waals surface area contributed by atoms with Crippen LogP contribution in [0.5, 0.6) is 0 Å². The average molecular weight is 342 g/mol. The molecule has 0 heterocycles. The highest BCUT2D eigenvalue weighted by Crippen LogP contribution is 2.48. The number of carbonyl (C=O) groups excluding carboxylic acids is 1. The molecule has 0 saturated heterocycles. The fourth-order valence-electron chi connectivity index (χ4n) is 3.80. The molecule has 2 fully saturated rings. The highest BCUT2D eigenvalue weighted by Gasteiger charge is 2.47. The van der Waals surface area contributed by atoms with Crippen LogP contribution in [0.1, 0.15) is 29.6 Å². The van der Waals surface area contributed by atoms with Crippen molar-refractivity contribution in [3.8, 4) is 0 Å². The van der Waals surface area contributed by atoms with Gasteiger partial charge in [-0.05, 0) is 49.3 Å². The van der Waals surface area contributed by atoms with Crippen molar-refractivity contribution < 1.29 is 14.3 Å². The molecule has 2 bridgehead atoms. The van der Waals surface area contributed by atoms with Crippen LogP contribution in [0.15, 0.2) is 22.7 Å². The van der Waals surface area contributed by atoms with Gasteiger partial charge in [0.1, 0.15) is 5.82 Å². The molecule has 1 amide bonds. The number of amides is 1.